The Balaban J connectivity index is 1.52. The van der Waals surface area contributed by atoms with E-state index in [0.29, 0.717) is 14.9 Å². The molecule has 0 saturated heterocycles. The fourth-order valence-electron chi connectivity index (χ4n) is 3.19. The third-order valence-corrected chi connectivity index (χ3v) is 7.96. The van der Waals surface area contributed by atoms with Gasteiger partial charge in [0.2, 0.25) is 10.0 Å². The van der Waals surface area contributed by atoms with Crippen LogP contribution in [0.4, 0.5) is 0 Å². The van der Waals surface area contributed by atoms with E-state index in [-0.39, 0.29) is 17.9 Å². The van der Waals surface area contributed by atoms with E-state index in [2.05, 4.69) is 16.6 Å². The highest BCUT2D eigenvalue weighted by atomic mass is 35.5. The number of thiophene rings is 1. The van der Waals surface area contributed by atoms with Crippen LogP contribution in [0.5, 0.6) is 0 Å². The zero-order chi connectivity index (χ0) is 18.3. The summed E-state index contributed by atoms with van der Waals surface area (Å²) in [4.78, 5) is 5.04. The second kappa shape index (κ2) is 6.78. The van der Waals surface area contributed by atoms with Gasteiger partial charge in [0.1, 0.15) is 4.21 Å². The molecule has 1 fully saturated rings. The van der Waals surface area contributed by atoms with Crippen molar-refractivity contribution in [1.29, 1.82) is 0 Å². The molecule has 0 bridgehead atoms. The lowest BCUT2D eigenvalue weighted by molar-refractivity contribution is 0.580. The van der Waals surface area contributed by atoms with Crippen LogP contribution < -0.4 is 4.72 Å². The lowest BCUT2D eigenvalue weighted by atomic mass is 10.1. The van der Waals surface area contributed by atoms with Crippen molar-refractivity contribution < 1.29 is 8.42 Å². The molecule has 4 nitrogen and oxygen atoms in total. The van der Waals surface area contributed by atoms with Gasteiger partial charge in [0.15, 0.2) is 0 Å². The molecule has 0 amide bonds. The molecule has 1 aliphatic carbocycles. The number of nitrogens with one attached hydrogen (secondary N) is 1. The van der Waals surface area contributed by atoms with E-state index in [1.54, 1.807) is 30.5 Å². The Kier molecular flexibility index (Phi) is 4.61. The molecule has 3 aromatic rings. The summed E-state index contributed by atoms with van der Waals surface area (Å²) in [6, 6.07) is 16.9. The number of sulfonamides is 1. The summed E-state index contributed by atoms with van der Waals surface area (Å²) in [6.45, 7) is 2.07. The molecule has 0 spiro atoms. The summed E-state index contributed by atoms with van der Waals surface area (Å²) in [7, 11) is -3.55. The molecule has 4 rings (SSSR count). The Morgan fingerprint density at radius 2 is 1.85 bits per heavy atom. The van der Waals surface area contributed by atoms with E-state index in [4.69, 9.17) is 11.6 Å². The molecule has 1 N–H and O–H groups in total. The van der Waals surface area contributed by atoms with Crippen molar-refractivity contribution in [3.05, 3.63) is 71.4 Å². The van der Waals surface area contributed by atoms with E-state index in [1.807, 2.05) is 30.3 Å². The molecule has 0 aliphatic heterocycles. The van der Waals surface area contributed by atoms with E-state index in [1.165, 1.54) is 16.9 Å². The van der Waals surface area contributed by atoms with E-state index < -0.39 is 10.0 Å². The van der Waals surface area contributed by atoms with Crippen LogP contribution in [0.3, 0.4) is 0 Å². The van der Waals surface area contributed by atoms with Crippen LogP contribution in [0.25, 0.3) is 10.6 Å². The Morgan fingerprint density at radius 3 is 2.54 bits per heavy atom. The summed E-state index contributed by atoms with van der Waals surface area (Å²) in [6.07, 6.45) is 1.55. The van der Waals surface area contributed by atoms with Crippen molar-refractivity contribution in [2.24, 2.45) is 5.92 Å². The first-order chi connectivity index (χ1) is 12.5. The number of nitrogens with zero attached hydrogens (tertiary/aromatic N) is 1. The summed E-state index contributed by atoms with van der Waals surface area (Å²) in [5.74, 6) is 0.507. The molecule has 2 heterocycles. The van der Waals surface area contributed by atoms with Gasteiger partial charge in [0.05, 0.1) is 15.6 Å². The smallest absolute Gasteiger partial charge is 0.250 e. The third kappa shape index (κ3) is 3.42. The number of halogens is 1. The van der Waals surface area contributed by atoms with E-state index in [0.717, 1.165) is 4.88 Å². The van der Waals surface area contributed by atoms with Crippen molar-refractivity contribution in [1.82, 2.24) is 9.71 Å². The van der Waals surface area contributed by atoms with Crippen molar-refractivity contribution in [2.45, 2.75) is 23.1 Å². The summed E-state index contributed by atoms with van der Waals surface area (Å²) < 4.78 is 28.7. The van der Waals surface area contributed by atoms with Gasteiger partial charge in [-0.15, -0.1) is 11.3 Å². The molecule has 26 heavy (non-hydrogen) atoms. The monoisotopic (exact) mass is 404 g/mol. The normalized spacial score (nSPS) is 22.3. The SMILES string of the molecule is C[C@H]1[C@H](NS(=O)(=O)c2ccc(-c3ccc(Cl)cn3)s2)[C@H]1c1ccccc1. The maximum atomic E-state index is 12.8. The van der Waals surface area contributed by atoms with Crippen LogP contribution in [0.2, 0.25) is 5.02 Å². The lowest BCUT2D eigenvalue weighted by Crippen LogP contribution is -2.27. The van der Waals surface area contributed by atoms with Gasteiger partial charge < -0.3 is 0 Å². The number of hydrogen-bond acceptors (Lipinski definition) is 4. The summed E-state index contributed by atoms with van der Waals surface area (Å²) in [5, 5.41) is 0.550. The first-order valence-corrected chi connectivity index (χ1v) is 10.9. The molecule has 2 aromatic heterocycles. The second-order valence-electron chi connectivity index (χ2n) is 6.42. The zero-order valence-corrected chi connectivity index (χ0v) is 16.4. The largest absolute Gasteiger partial charge is 0.254 e. The van der Waals surface area contributed by atoms with Gasteiger partial charge in [-0.1, -0.05) is 48.9 Å². The second-order valence-corrected chi connectivity index (χ2v) is 9.88. The molecular formula is C19H17ClN2O2S2. The van der Waals surface area contributed by atoms with Crippen LogP contribution in [-0.4, -0.2) is 19.4 Å². The number of benzene rings is 1. The minimum atomic E-state index is -3.55. The molecule has 0 unspecified atom stereocenters. The predicted octanol–water partition coefficient (Wildman–Crippen LogP) is 4.54. The Bertz CT molecular complexity index is 1020. The molecule has 1 aromatic carbocycles. The van der Waals surface area contributed by atoms with Crippen LogP contribution in [0.15, 0.2) is 65.0 Å². The maximum Gasteiger partial charge on any atom is 0.250 e. The Morgan fingerprint density at radius 1 is 1.08 bits per heavy atom. The maximum absolute atomic E-state index is 12.8. The third-order valence-electron chi connectivity index (χ3n) is 4.68. The number of aromatic nitrogens is 1. The van der Waals surface area contributed by atoms with E-state index in [9.17, 15) is 8.42 Å². The average molecular weight is 405 g/mol. The standard InChI is InChI=1S/C19H17ClN2O2S2/c1-12-18(13-5-3-2-4-6-13)19(12)22-26(23,24)17-10-9-16(25-17)15-8-7-14(20)11-21-15/h2-12,18-19,22H,1H3/t12-,18-,19+/m1/s1. The topological polar surface area (TPSA) is 59.1 Å². The van der Waals surface area contributed by atoms with Gasteiger partial charge in [-0.25, -0.2) is 13.1 Å². The number of rotatable bonds is 5. The fraction of sp³-hybridized carbons (Fsp3) is 0.211. The quantitative estimate of drug-likeness (QED) is 0.678. The van der Waals surface area contributed by atoms with Gasteiger partial charge >= 0.3 is 0 Å². The average Bonchev–Trinajstić information content (AvgIpc) is 3.04. The number of pyridine rings is 1. The molecule has 0 radical (unpaired) electrons. The summed E-state index contributed by atoms with van der Waals surface area (Å²) >= 11 is 7.06. The summed E-state index contributed by atoms with van der Waals surface area (Å²) in [5.41, 5.74) is 1.88. The fourth-order valence-corrected chi connectivity index (χ4v) is 5.95. The predicted molar refractivity (Wildman–Crippen MR) is 105 cm³/mol. The Hall–Kier alpha value is -1.73. The highest BCUT2D eigenvalue weighted by molar-refractivity contribution is 7.91. The first-order valence-electron chi connectivity index (χ1n) is 8.25. The van der Waals surface area contributed by atoms with Crippen molar-refractivity contribution in [3.8, 4) is 10.6 Å². The van der Waals surface area contributed by atoms with Gasteiger partial charge in [-0.3, -0.25) is 4.98 Å². The highest BCUT2D eigenvalue weighted by Gasteiger charge is 2.49. The van der Waals surface area contributed by atoms with Crippen molar-refractivity contribution in [3.63, 3.8) is 0 Å². The van der Waals surface area contributed by atoms with E-state index >= 15 is 0 Å². The molecule has 134 valence electrons. The molecule has 7 heteroatoms. The zero-order valence-electron chi connectivity index (χ0n) is 14.0. The van der Waals surface area contributed by atoms with Gasteiger partial charge in [0.25, 0.3) is 0 Å². The number of hydrogen-bond donors (Lipinski definition) is 1. The Labute approximate surface area is 161 Å². The van der Waals surface area contributed by atoms with Crippen LogP contribution in [0, 0.1) is 5.92 Å². The molecule has 1 saturated carbocycles. The van der Waals surface area contributed by atoms with Gasteiger partial charge in [0, 0.05) is 18.2 Å². The molecular weight excluding hydrogens is 388 g/mol. The minimum absolute atomic E-state index is 0.0680. The van der Waals surface area contributed by atoms with Crippen LogP contribution in [0.1, 0.15) is 18.4 Å². The molecule has 3 atom stereocenters. The van der Waals surface area contributed by atoms with Crippen molar-refractivity contribution in [2.75, 3.05) is 0 Å². The van der Waals surface area contributed by atoms with Crippen LogP contribution >= 0.6 is 22.9 Å². The van der Waals surface area contributed by atoms with Crippen LogP contribution in [-0.2, 0) is 10.0 Å². The minimum Gasteiger partial charge on any atom is -0.254 e. The lowest BCUT2D eigenvalue weighted by Gasteiger charge is -2.04. The first kappa shape index (κ1) is 17.7. The highest BCUT2D eigenvalue weighted by Crippen LogP contribution is 2.48. The van der Waals surface area contributed by atoms with Gasteiger partial charge in [-0.05, 0) is 35.7 Å². The molecule has 1 aliphatic rings. The van der Waals surface area contributed by atoms with Gasteiger partial charge in [-0.2, -0.15) is 0 Å². The van der Waals surface area contributed by atoms with Crippen molar-refractivity contribution >= 4 is 33.0 Å².